The van der Waals surface area contributed by atoms with E-state index in [4.69, 9.17) is 10.5 Å². The molecule has 14 heavy (non-hydrogen) atoms. The first kappa shape index (κ1) is 10.4. The maximum Gasteiger partial charge on any atom is 0.0678 e. The molecule has 1 heterocycles. The van der Waals surface area contributed by atoms with Gasteiger partial charge in [-0.2, -0.15) is 0 Å². The Labute approximate surface area is 85.6 Å². The molecule has 3 heteroatoms. The first-order chi connectivity index (χ1) is 6.71. The van der Waals surface area contributed by atoms with Crippen LogP contribution in [0.3, 0.4) is 0 Å². The number of hydrogen-bond acceptors (Lipinski definition) is 3. The molecule has 2 aliphatic rings. The summed E-state index contributed by atoms with van der Waals surface area (Å²) < 4.78 is 5.32. The lowest BCUT2D eigenvalue weighted by molar-refractivity contribution is -0.0883. The molecule has 82 valence electrons. The van der Waals surface area contributed by atoms with E-state index in [0.29, 0.717) is 12.0 Å². The average Bonchev–Trinajstić information content (AvgIpc) is 2.24. The molecule has 1 aliphatic carbocycles. The van der Waals surface area contributed by atoms with Crippen molar-refractivity contribution in [3.63, 3.8) is 0 Å². The van der Waals surface area contributed by atoms with E-state index in [1.165, 1.54) is 0 Å². The minimum absolute atomic E-state index is 0.315. The van der Waals surface area contributed by atoms with Gasteiger partial charge in [-0.3, -0.25) is 0 Å². The Morgan fingerprint density at radius 1 is 1.07 bits per heavy atom. The van der Waals surface area contributed by atoms with Gasteiger partial charge in [0, 0.05) is 19.3 Å². The van der Waals surface area contributed by atoms with E-state index in [1.54, 1.807) is 0 Å². The fraction of sp³-hybridized carbons (Fsp3) is 1.00. The third-order valence-electron chi connectivity index (χ3n) is 3.88. The first-order valence-corrected chi connectivity index (χ1v) is 5.76. The highest BCUT2D eigenvalue weighted by atomic mass is 16.5. The number of hydrogen-bond donors (Lipinski definition) is 2. The molecule has 1 aliphatic heterocycles. The zero-order valence-corrected chi connectivity index (χ0v) is 8.74. The molecule has 0 unspecified atom stereocenters. The molecular formula is C11H21NO2. The molecule has 1 saturated carbocycles. The van der Waals surface area contributed by atoms with E-state index in [2.05, 4.69) is 0 Å². The fourth-order valence-electron chi connectivity index (χ4n) is 2.78. The second-order valence-corrected chi connectivity index (χ2v) is 4.83. The minimum Gasteiger partial charge on any atom is -0.390 e. The molecule has 0 atom stereocenters. The minimum atomic E-state index is -0.431. The SMILES string of the molecule is NC1CCC(O)(C2CCOCC2)CC1. The van der Waals surface area contributed by atoms with E-state index in [1.807, 2.05) is 0 Å². The number of nitrogens with two attached hydrogens (primary N) is 1. The highest BCUT2D eigenvalue weighted by Crippen LogP contribution is 2.38. The molecule has 0 bridgehead atoms. The second kappa shape index (κ2) is 4.17. The third kappa shape index (κ3) is 2.10. The molecule has 0 aromatic rings. The van der Waals surface area contributed by atoms with Crippen LogP contribution in [0.25, 0.3) is 0 Å². The van der Waals surface area contributed by atoms with E-state index in [-0.39, 0.29) is 0 Å². The van der Waals surface area contributed by atoms with Crippen molar-refractivity contribution in [2.75, 3.05) is 13.2 Å². The number of ether oxygens (including phenoxy) is 1. The van der Waals surface area contributed by atoms with Gasteiger partial charge in [0.15, 0.2) is 0 Å². The molecule has 2 fully saturated rings. The maximum absolute atomic E-state index is 10.5. The summed E-state index contributed by atoms with van der Waals surface area (Å²) in [5.41, 5.74) is 5.42. The van der Waals surface area contributed by atoms with Crippen molar-refractivity contribution in [1.29, 1.82) is 0 Å². The summed E-state index contributed by atoms with van der Waals surface area (Å²) in [7, 11) is 0. The molecular weight excluding hydrogens is 178 g/mol. The highest BCUT2D eigenvalue weighted by molar-refractivity contribution is 4.92. The Morgan fingerprint density at radius 2 is 1.64 bits per heavy atom. The van der Waals surface area contributed by atoms with Crippen LogP contribution < -0.4 is 5.73 Å². The van der Waals surface area contributed by atoms with E-state index >= 15 is 0 Å². The Balaban J connectivity index is 1.93. The Hall–Kier alpha value is -0.120. The molecule has 2 rings (SSSR count). The van der Waals surface area contributed by atoms with Crippen molar-refractivity contribution in [2.24, 2.45) is 11.7 Å². The van der Waals surface area contributed by atoms with Crippen LogP contribution in [0, 0.1) is 5.92 Å². The maximum atomic E-state index is 10.5. The predicted octanol–water partition coefficient (Wildman–Crippen LogP) is 1.05. The molecule has 3 N–H and O–H groups in total. The molecule has 0 aromatic carbocycles. The van der Waals surface area contributed by atoms with Crippen molar-refractivity contribution in [3.8, 4) is 0 Å². The van der Waals surface area contributed by atoms with Gasteiger partial charge in [-0.15, -0.1) is 0 Å². The van der Waals surface area contributed by atoms with Crippen LogP contribution in [0.15, 0.2) is 0 Å². The van der Waals surface area contributed by atoms with Gasteiger partial charge >= 0.3 is 0 Å². The topological polar surface area (TPSA) is 55.5 Å². The summed E-state index contributed by atoms with van der Waals surface area (Å²) in [5.74, 6) is 0.448. The monoisotopic (exact) mass is 199 g/mol. The average molecular weight is 199 g/mol. The van der Waals surface area contributed by atoms with Gasteiger partial charge in [-0.25, -0.2) is 0 Å². The van der Waals surface area contributed by atoms with Gasteiger partial charge in [-0.1, -0.05) is 0 Å². The summed E-state index contributed by atoms with van der Waals surface area (Å²) in [5, 5.41) is 10.5. The summed E-state index contributed by atoms with van der Waals surface area (Å²) in [4.78, 5) is 0. The van der Waals surface area contributed by atoms with Crippen molar-refractivity contribution >= 4 is 0 Å². The standard InChI is InChI=1S/C11H21NO2/c12-10-1-5-11(13,6-2-10)9-3-7-14-8-4-9/h9-10,13H,1-8,12H2. The van der Waals surface area contributed by atoms with Crippen molar-refractivity contribution in [3.05, 3.63) is 0 Å². The number of rotatable bonds is 1. The van der Waals surface area contributed by atoms with Gasteiger partial charge in [0.25, 0.3) is 0 Å². The third-order valence-corrected chi connectivity index (χ3v) is 3.88. The summed E-state index contributed by atoms with van der Waals surface area (Å²) in [6.45, 7) is 1.64. The van der Waals surface area contributed by atoms with Crippen molar-refractivity contribution < 1.29 is 9.84 Å². The van der Waals surface area contributed by atoms with E-state index < -0.39 is 5.60 Å². The van der Waals surface area contributed by atoms with Gasteiger partial charge in [0.2, 0.25) is 0 Å². The lowest BCUT2D eigenvalue weighted by atomic mass is 9.71. The number of aliphatic hydroxyl groups is 1. The second-order valence-electron chi connectivity index (χ2n) is 4.83. The van der Waals surface area contributed by atoms with Crippen LogP contribution in [-0.2, 0) is 4.74 Å². The predicted molar refractivity (Wildman–Crippen MR) is 54.9 cm³/mol. The molecule has 0 aromatic heterocycles. The zero-order valence-electron chi connectivity index (χ0n) is 8.74. The lowest BCUT2D eigenvalue weighted by Gasteiger charge is -2.42. The Morgan fingerprint density at radius 3 is 2.21 bits per heavy atom. The van der Waals surface area contributed by atoms with Crippen LogP contribution in [-0.4, -0.2) is 30.0 Å². The summed E-state index contributed by atoms with van der Waals surface area (Å²) in [6.07, 6.45) is 5.77. The molecule has 0 amide bonds. The van der Waals surface area contributed by atoms with Crippen LogP contribution in [0.2, 0.25) is 0 Å². The van der Waals surface area contributed by atoms with Crippen LogP contribution >= 0.6 is 0 Å². The molecule has 0 radical (unpaired) electrons. The zero-order chi connectivity index (χ0) is 10.0. The Kier molecular flexibility index (Phi) is 3.10. The largest absolute Gasteiger partial charge is 0.390 e. The van der Waals surface area contributed by atoms with Crippen LogP contribution in [0.4, 0.5) is 0 Å². The van der Waals surface area contributed by atoms with Crippen molar-refractivity contribution in [2.45, 2.75) is 50.2 Å². The first-order valence-electron chi connectivity index (χ1n) is 5.76. The molecule has 1 saturated heterocycles. The van der Waals surface area contributed by atoms with Gasteiger partial charge < -0.3 is 15.6 Å². The van der Waals surface area contributed by atoms with Gasteiger partial charge in [0.05, 0.1) is 5.60 Å². The summed E-state index contributed by atoms with van der Waals surface area (Å²) in [6, 6.07) is 0.315. The van der Waals surface area contributed by atoms with Gasteiger partial charge in [0.1, 0.15) is 0 Å². The van der Waals surface area contributed by atoms with Crippen LogP contribution in [0.1, 0.15) is 38.5 Å². The van der Waals surface area contributed by atoms with E-state index in [0.717, 1.165) is 51.7 Å². The molecule has 3 nitrogen and oxygen atoms in total. The van der Waals surface area contributed by atoms with Crippen LogP contribution in [0.5, 0.6) is 0 Å². The van der Waals surface area contributed by atoms with E-state index in [9.17, 15) is 5.11 Å². The summed E-state index contributed by atoms with van der Waals surface area (Å²) >= 11 is 0. The fourth-order valence-corrected chi connectivity index (χ4v) is 2.78. The molecule has 0 spiro atoms. The Bertz CT molecular complexity index is 182. The smallest absolute Gasteiger partial charge is 0.0678 e. The van der Waals surface area contributed by atoms with Gasteiger partial charge in [-0.05, 0) is 44.4 Å². The lowest BCUT2D eigenvalue weighted by Crippen LogP contribution is -2.46. The highest BCUT2D eigenvalue weighted by Gasteiger charge is 2.39. The van der Waals surface area contributed by atoms with Crippen molar-refractivity contribution in [1.82, 2.24) is 0 Å². The normalized spacial score (nSPS) is 41.1. The quantitative estimate of drug-likeness (QED) is 0.663.